The zero-order valence-electron chi connectivity index (χ0n) is 21.1. The fourth-order valence-electron chi connectivity index (χ4n) is 3.64. The molecule has 0 aliphatic rings. The molecule has 35 heavy (non-hydrogen) atoms. The molecule has 8 nitrogen and oxygen atoms in total. The highest BCUT2D eigenvalue weighted by atomic mass is 16.5. The van der Waals surface area contributed by atoms with Gasteiger partial charge in [0.1, 0.15) is 12.1 Å². The van der Waals surface area contributed by atoms with Gasteiger partial charge in [-0.15, -0.1) is 0 Å². The minimum absolute atomic E-state index is 0.0129. The Morgan fingerprint density at radius 1 is 0.886 bits per heavy atom. The van der Waals surface area contributed by atoms with Crippen molar-refractivity contribution in [3.8, 4) is 0 Å². The maximum Gasteiger partial charge on any atom is 0.275 e. The minimum Gasteiger partial charge on any atom is -0.383 e. The fraction of sp³-hybridized carbons (Fsp3) is 0.444. The third kappa shape index (κ3) is 8.49. The molecule has 0 saturated carbocycles. The molecule has 2 aromatic rings. The molecule has 0 radical (unpaired) electrons. The molecule has 0 fully saturated rings. The maximum absolute atomic E-state index is 13.4. The molecule has 8 heteroatoms. The topological polar surface area (TPSA) is 119 Å². The zero-order chi connectivity index (χ0) is 26.2. The Morgan fingerprint density at radius 2 is 1.37 bits per heavy atom. The van der Waals surface area contributed by atoms with E-state index in [1.165, 1.54) is 0 Å². The number of aliphatic hydroxyl groups is 1. The van der Waals surface area contributed by atoms with Crippen LogP contribution >= 0.6 is 0 Å². The van der Waals surface area contributed by atoms with Crippen LogP contribution in [0.1, 0.15) is 58.2 Å². The van der Waals surface area contributed by atoms with Crippen molar-refractivity contribution in [3.63, 3.8) is 0 Å². The number of nitrogens with zero attached hydrogens (tertiary/aromatic N) is 1. The van der Waals surface area contributed by atoms with Gasteiger partial charge in [0.05, 0.1) is 19.0 Å². The molecule has 2 rings (SSSR count). The number of hydroxylamine groups is 2. The van der Waals surface area contributed by atoms with Crippen molar-refractivity contribution < 1.29 is 24.7 Å². The van der Waals surface area contributed by atoms with Crippen molar-refractivity contribution in [2.24, 2.45) is 11.3 Å². The molecule has 2 aromatic carbocycles. The molecule has 4 N–H and O–H groups in total. The van der Waals surface area contributed by atoms with E-state index in [4.69, 9.17) is 0 Å². The van der Waals surface area contributed by atoms with E-state index in [0.29, 0.717) is 5.06 Å². The summed E-state index contributed by atoms with van der Waals surface area (Å²) < 4.78 is 0. The van der Waals surface area contributed by atoms with Gasteiger partial charge in [-0.2, -0.15) is 0 Å². The molecular formula is C27H37N3O5. The molecule has 0 spiro atoms. The van der Waals surface area contributed by atoms with Crippen LogP contribution in [0, 0.1) is 11.3 Å². The Morgan fingerprint density at radius 3 is 1.80 bits per heavy atom. The summed E-state index contributed by atoms with van der Waals surface area (Å²) in [6.07, 6.45) is -2.29. The van der Waals surface area contributed by atoms with Gasteiger partial charge in [0.15, 0.2) is 0 Å². The number of carbonyl (C=O) groups excluding carboxylic acids is 3. The molecule has 0 saturated heterocycles. The highest BCUT2D eigenvalue weighted by molar-refractivity contribution is 5.91. The normalized spacial score (nSPS) is 13.3. The molecule has 0 aliphatic heterocycles. The Kier molecular flexibility index (Phi) is 9.98. The van der Waals surface area contributed by atoms with E-state index in [1.54, 1.807) is 13.8 Å². The van der Waals surface area contributed by atoms with E-state index in [-0.39, 0.29) is 12.5 Å². The number of hydrogen-bond acceptors (Lipinski definition) is 5. The molecule has 3 amide bonds. The minimum atomic E-state index is -1.72. The quantitative estimate of drug-likeness (QED) is 0.306. The number of carbonyl (C=O) groups is 3. The van der Waals surface area contributed by atoms with Crippen LogP contribution in [-0.4, -0.2) is 51.8 Å². The second kappa shape index (κ2) is 12.5. The first-order chi connectivity index (χ1) is 16.4. The molecule has 2 atom stereocenters. The summed E-state index contributed by atoms with van der Waals surface area (Å²) in [5.74, 6) is -2.04. The smallest absolute Gasteiger partial charge is 0.275 e. The van der Waals surface area contributed by atoms with Crippen molar-refractivity contribution >= 4 is 17.7 Å². The molecule has 0 bridgehead atoms. The second-order valence-electron chi connectivity index (χ2n) is 10.2. The van der Waals surface area contributed by atoms with E-state index >= 15 is 0 Å². The van der Waals surface area contributed by atoms with Crippen LogP contribution in [0.5, 0.6) is 0 Å². The van der Waals surface area contributed by atoms with Gasteiger partial charge in [-0.05, 0) is 22.5 Å². The van der Waals surface area contributed by atoms with Crippen molar-refractivity contribution in [2.75, 3.05) is 6.54 Å². The van der Waals surface area contributed by atoms with Crippen molar-refractivity contribution in [2.45, 2.75) is 59.2 Å². The molecule has 0 aliphatic carbocycles. The predicted molar refractivity (Wildman–Crippen MR) is 133 cm³/mol. The standard InChI is InChI=1S/C27H37N3O5/c1-18(2)17-30(35)26(34)21(31)16-22(32)28-24(27(3,4)5)25(33)29-23(19-12-8-6-9-13-19)20-14-10-7-11-15-20/h6-15,18,21,23-24,31,35H,16-17H2,1-5H3,(H,28,32)(H,29,33)/t21-,24+/m0/s1. The van der Waals surface area contributed by atoms with E-state index in [0.717, 1.165) is 11.1 Å². The first-order valence-corrected chi connectivity index (χ1v) is 11.8. The maximum atomic E-state index is 13.4. The van der Waals surface area contributed by atoms with Crippen LogP contribution < -0.4 is 10.6 Å². The van der Waals surface area contributed by atoms with Gasteiger partial charge >= 0.3 is 0 Å². The Bertz CT molecular complexity index is 934. The summed E-state index contributed by atoms with van der Waals surface area (Å²) in [5.41, 5.74) is 1.12. The number of hydrogen-bond donors (Lipinski definition) is 4. The van der Waals surface area contributed by atoms with Gasteiger partial charge in [0.25, 0.3) is 5.91 Å². The summed E-state index contributed by atoms with van der Waals surface area (Å²) in [6.45, 7) is 9.09. The van der Waals surface area contributed by atoms with E-state index < -0.39 is 47.7 Å². The zero-order valence-corrected chi connectivity index (χ0v) is 21.1. The third-order valence-electron chi connectivity index (χ3n) is 5.44. The van der Waals surface area contributed by atoms with Crippen LogP contribution in [0.15, 0.2) is 60.7 Å². The lowest BCUT2D eigenvalue weighted by molar-refractivity contribution is -0.177. The monoisotopic (exact) mass is 483 g/mol. The summed E-state index contributed by atoms with van der Waals surface area (Å²) in [7, 11) is 0. The average Bonchev–Trinajstić information content (AvgIpc) is 2.80. The van der Waals surface area contributed by atoms with Gasteiger partial charge in [0.2, 0.25) is 11.8 Å². The molecule has 0 aromatic heterocycles. The summed E-state index contributed by atoms with van der Waals surface area (Å²) in [6, 6.07) is 17.7. The summed E-state index contributed by atoms with van der Waals surface area (Å²) in [5, 5.41) is 26.1. The highest BCUT2D eigenvalue weighted by Gasteiger charge is 2.35. The number of nitrogens with one attached hydrogen (secondary N) is 2. The summed E-state index contributed by atoms with van der Waals surface area (Å²) >= 11 is 0. The molecule has 0 heterocycles. The largest absolute Gasteiger partial charge is 0.383 e. The number of benzene rings is 2. The van der Waals surface area contributed by atoms with Gasteiger partial charge in [-0.1, -0.05) is 95.3 Å². The number of amides is 3. The fourth-order valence-corrected chi connectivity index (χ4v) is 3.64. The number of rotatable bonds is 10. The van der Waals surface area contributed by atoms with Crippen LogP contribution in [0.3, 0.4) is 0 Å². The van der Waals surface area contributed by atoms with Crippen LogP contribution in [0.25, 0.3) is 0 Å². The lowest BCUT2D eigenvalue weighted by atomic mass is 9.85. The lowest BCUT2D eigenvalue weighted by Gasteiger charge is -2.32. The van der Waals surface area contributed by atoms with Crippen molar-refractivity contribution in [1.82, 2.24) is 15.7 Å². The van der Waals surface area contributed by atoms with E-state index in [2.05, 4.69) is 10.6 Å². The van der Waals surface area contributed by atoms with E-state index in [1.807, 2.05) is 81.4 Å². The SMILES string of the molecule is CC(C)CN(O)C(=O)[C@@H](O)CC(=O)N[C@H](C(=O)NC(c1ccccc1)c1ccccc1)C(C)(C)C. The van der Waals surface area contributed by atoms with Crippen molar-refractivity contribution in [3.05, 3.63) is 71.8 Å². The van der Waals surface area contributed by atoms with Crippen LogP contribution in [-0.2, 0) is 14.4 Å². The summed E-state index contributed by atoms with van der Waals surface area (Å²) in [4.78, 5) is 38.3. The predicted octanol–water partition coefficient (Wildman–Crippen LogP) is 3.05. The first kappa shape index (κ1) is 28.0. The first-order valence-electron chi connectivity index (χ1n) is 11.8. The van der Waals surface area contributed by atoms with Gasteiger partial charge in [0, 0.05) is 0 Å². The van der Waals surface area contributed by atoms with E-state index in [9.17, 15) is 24.7 Å². The highest BCUT2D eigenvalue weighted by Crippen LogP contribution is 2.25. The van der Waals surface area contributed by atoms with Crippen LogP contribution in [0.4, 0.5) is 0 Å². The van der Waals surface area contributed by atoms with Gasteiger partial charge < -0.3 is 15.7 Å². The van der Waals surface area contributed by atoms with Gasteiger partial charge in [-0.3, -0.25) is 19.6 Å². The Balaban J connectivity index is 2.17. The Labute approximate surface area is 207 Å². The third-order valence-corrected chi connectivity index (χ3v) is 5.44. The van der Waals surface area contributed by atoms with Gasteiger partial charge in [-0.25, -0.2) is 5.06 Å². The lowest BCUT2D eigenvalue weighted by Crippen LogP contribution is -2.55. The Hall–Kier alpha value is -3.23. The van der Waals surface area contributed by atoms with Crippen LogP contribution in [0.2, 0.25) is 0 Å². The average molecular weight is 484 g/mol. The molecule has 0 unspecified atom stereocenters. The second-order valence-corrected chi connectivity index (χ2v) is 10.2. The van der Waals surface area contributed by atoms with Crippen molar-refractivity contribution in [1.29, 1.82) is 0 Å². The molecular weight excluding hydrogens is 446 g/mol. The number of aliphatic hydroxyl groups excluding tert-OH is 1. The molecule has 190 valence electrons.